The molecule has 0 saturated heterocycles. The number of benzene rings is 2. The molecule has 1 aliphatic carbocycles. The first-order valence-electron chi connectivity index (χ1n) is 9.10. The molecule has 1 heterocycles. The van der Waals surface area contributed by atoms with Crippen LogP contribution in [0.3, 0.4) is 0 Å². The van der Waals surface area contributed by atoms with E-state index in [0.717, 1.165) is 35.7 Å². The van der Waals surface area contributed by atoms with Crippen LogP contribution in [0.4, 0.5) is 0 Å². The van der Waals surface area contributed by atoms with Gasteiger partial charge in [0.2, 0.25) is 0 Å². The van der Waals surface area contributed by atoms with Crippen molar-refractivity contribution in [3.63, 3.8) is 0 Å². The van der Waals surface area contributed by atoms with Crippen molar-refractivity contribution in [2.45, 2.75) is 31.6 Å². The topological polar surface area (TPSA) is 26.3 Å². The fraction of sp³-hybridized carbons (Fsp3) is 0.261. The van der Waals surface area contributed by atoms with Crippen LogP contribution in [0, 0.1) is 5.41 Å². The van der Waals surface area contributed by atoms with E-state index >= 15 is 0 Å². The fourth-order valence-corrected chi connectivity index (χ4v) is 4.40. The highest BCUT2D eigenvalue weighted by atomic mass is 79.9. The molecule has 1 fully saturated rings. The maximum Gasteiger partial charge on any atom is 0.318 e. The van der Waals surface area contributed by atoms with Crippen LogP contribution in [0.1, 0.15) is 42.7 Å². The molecular weight excluding hydrogens is 388 g/mol. The molecule has 2 aliphatic rings. The summed E-state index contributed by atoms with van der Waals surface area (Å²) in [7, 11) is 0. The number of carbonyl (C=O) groups excluding carboxylic acids is 1. The van der Waals surface area contributed by atoms with Gasteiger partial charge in [0.25, 0.3) is 0 Å². The number of carbonyl (C=O) groups is 1. The van der Waals surface area contributed by atoms with E-state index in [1.54, 1.807) is 0 Å². The molecule has 1 unspecified atom stereocenters. The zero-order chi connectivity index (χ0) is 18.0. The molecule has 26 heavy (non-hydrogen) atoms. The van der Waals surface area contributed by atoms with Crippen LogP contribution in [0.15, 0.2) is 77.0 Å². The van der Waals surface area contributed by atoms with Gasteiger partial charge in [-0.15, -0.1) is 0 Å². The third-order valence-electron chi connectivity index (χ3n) is 5.51. The Bertz CT molecular complexity index is 844. The van der Waals surface area contributed by atoms with Gasteiger partial charge in [0.05, 0.1) is 5.41 Å². The summed E-state index contributed by atoms with van der Waals surface area (Å²) in [6.45, 7) is 0. The number of allylic oxidation sites excluding steroid dienone is 2. The number of ether oxygens (including phenoxy) is 1. The second-order valence-electron chi connectivity index (χ2n) is 7.10. The van der Waals surface area contributed by atoms with Crippen molar-refractivity contribution < 1.29 is 9.53 Å². The quantitative estimate of drug-likeness (QED) is 0.561. The molecule has 2 aromatic carbocycles. The molecule has 1 spiro atoms. The second-order valence-corrected chi connectivity index (χ2v) is 8.01. The van der Waals surface area contributed by atoms with E-state index in [-0.39, 0.29) is 11.9 Å². The molecule has 0 aromatic heterocycles. The average molecular weight is 409 g/mol. The van der Waals surface area contributed by atoms with Crippen LogP contribution in [0.5, 0.6) is 0 Å². The summed E-state index contributed by atoms with van der Waals surface area (Å²) in [6, 6.07) is 18.4. The van der Waals surface area contributed by atoms with E-state index < -0.39 is 5.41 Å². The minimum atomic E-state index is -0.405. The summed E-state index contributed by atoms with van der Waals surface area (Å²) in [5.41, 5.74) is 1.86. The first-order valence-corrected chi connectivity index (χ1v) is 9.89. The largest absolute Gasteiger partial charge is 0.426 e. The summed E-state index contributed by atoms with van der Waals surface area (Å²) in [5.74, 6) is 0.636. The Balaban J connectivity index is 1.71. The summed E-state index contributed by atoms with van der Waals surface area (Å²) >= 11 is 3.50. The maximum atomic E-state index is 13.0. The molecule has 1 atom stereocenters. The van der Waals surface area contributed by atoms with Gasteiger partial charge in [0.1, 0.15) is 5.76 Å². The van der Waals surface area contributed by atoms with Crippen molar-refractivity contribution in [3.8, 4) is 0 Å². The smallest absolute Gasteiger partial charge is 0.318 e. The SMILES string of the molecule is O=C1OC(C=Cc2ccccc2)=CC(c2ccc(Br)cc2)C12CCCC2. The number of esters is 1. The number of hydrogen-bond donors (Lipinski definition) is 0. The Kier molecular flexibility index (Phi) is 4.82. The lowest BCUT2D eigenvalue weighted by Crippen LogP contribution is -2.38. The van der Waals surface area contributed by atoms with Crippen LogP contribution in [0.25, 0.3) is 6.08 Å². The normalized spacial score (nSPS) is 21.8. The van der Waals surface area contributed by atoms with Gasteiger partial charge in [0, 0.05) is 10.4 Å². The number of rotatable bonds is 3. The third kappa shape index (κ3) is 3.28. The highest BCUT2D eigenvalue weighted by Crippen LogP contribution is 2.53. The van der Waals surface area contributed by atoms with E-state index in [0.29, 0.717) is 5.76 Å². The van der Waals surface area contributed by atoms with E-state index in [2.05, 4.69) is 34.1 Å². The van der Waals surface area contributed by atoms with Crippen molar-refractivity contribution in [1.29, 1.82) is 0 Å². The average Bonchev–Trinajstić information content (AvgIpc) is 3.15. The predicted octanol–water partition coefficient (Wildman–Crippen LogP) is 6.25. The molecule has 132 valence electrons. The number of halogens is 1. The minimum Gasteiger partial charge on any atom is -0.426 e. The molecule has 1 saturated carbocycles. The van der Waals surface area contributed by atoms with Gasteiger partial charge < -0.3 is 4.74 Å². The minimum absolute atomic E-state index is 0.0646. The van der Waals surface area contributed by atoms with Gasteiger partial charge in [-0.2, -0.15) is 0 Å². The standard InChI is InChI=1S/C23H21BrO2/c24-19-11-9-18(10-12-19)21-16-20(13-8-17-6-2-1-3-7-17)26-22(25)23(21)14-4-5-15-23/h1-3,6-13,16,21H,4-5,14-15H2. The zero-order valence-electron chi connectivity index (χ0n) is 14.5. The van der Waals surface area contributed by atoms with Crippen molar-refractivity contribution in [3.05, 3.63) is 88.1 Å². The Morgan fingerprint density at radius 1 is 0.962 bits per heavy atom. The van der Waals surface area contributed by atoms with Crippen LogP contribution in [-0.4, -0.2) is 5.97 Å². The predicted molar refractivity (Wildman–Crippen MR) is 107 cm³/mol. The van der Waals surface area contributed by atoms with Gasteiger partial charge in [-0.1, -0.05) is 77.3 Å². The second kappa shape index (κ2) is 7.24. The molecule has 0 amide bonds. The van der Waals surface area contributed by atoms with E-state index in [1.165, 1.54) is 5.56 Å². The summed E-state index contributed by atoms with van der Waals surface area (Å²) in [4.78, 5) is 13.0. The fourth-order valence-electron chi connectivity index (χ4n) is 4.13. The van der Waals surface area contributed by atoms with Crippen molar-refractivity contribution in [2.75, 3.05) is 0 Å². The molecule has 0 N–H and O–H groups in total. The summed E-state index contributed by atoms with van der Waals surface area (Å²) in [6.07, 6.45) is 10.0. The number of hydrogen-bond acceptors (Lipinski definition) is 2. The molecule has 1 aliphatic heterocycles. The highest BCUT2D eigenvalue weighted by molar-refractivity contribution is 9.10. The van der Waals surface area contributed by atoms with Gasteiger partial charge in [-0.3, -0.25) is 4.79 Å². The van der Waals surface area contributed by atoms with Crippen molar-refractivity contribution in [1.82, 2.24) is 0 Å². The van der Waals surface area contributed by atoms with Gasteiger partial charge in [0.15, 0.2) is 0 Å². The molecule has 0 radical (unpaired) electrons. The Hall–Kier alpha value is -2.13. The zero-order valence-corrected chi connectivity index (χ0v) is 16.1. The van der Waals surface area contributed by atoms with Gasteiger partial charge in [-0.25, -0.2) is 0 Å². The summed E-state index contributed by atoms with van der Waals surface area (Å²) < 4.78 is 6.80. The first kappa shape index (κ1) is 17.3. The first-order chi connectivity index (χ1) is 12.7. The monoisotopic (exact) mass is 408 g/mol. The van der Waals surface area contributed by atoms with Crippen LogP contribution >= 0.6 is 15.9 Å². The molecular formula is C23H21BrO2. The molecule has 4 rings (SSSR count). The third-order valence-corrected chi connectivity index (χ3v) is 6.04. The Morgan fingerprint density at radius 2 is 1.65 bits per heavy atom. The molecule has 0 bridgehead atoms. The molecule has 3 heteroatoms. The molecule has 2 aromatic rings. The van der Waals surface area contributed by atoms with Gasteiger partial charge in [-0.05, 0) is 48.3 Å². The van der Waals surface area contributed by atoms with Crippen molar-refractivity contribution in [2.24, 2.45) is 5.41 Å². The van der Waals surface area contributed by atoms with Crippen LogP contribution in [0.2, 0.25) is 0 Å². The Morgan fingerprint density at radius 3 is 2.35 bits per heavy atom. The van der Waals surface area contributed by atoms with E-state index in [4.69, 9.17) is 4.74 Å². The van der Waals surface area contributed by atoms with Gasteiger partial charge >= 0.3 is 5.97 Å². The highest BCUT2D eigenvalue weighted by Gasteiger charge is 2.51. The molecule has 2 nitrogen and oxygen atoms in total. The van der Waals surface area contributed by atoms with E-state index in [9.17, 15) is 4.79 Å². The van der Waals surface area contributed by atoms with Crippen LogP contribution < -0.4 is 0 Å². The van der Waals surface area contributed by atoms with Crippen molar-refractivity contribution >= 4 is 28.0 Å². The number of cyclic esters (lactones) is 1. The van der Waals surface area contributed by atoms with Crippen LogP contribution in [-0.2, 0) is 9.53 Å². The lowest BCUT2D eigenvalue weighted by Gasteiger charge is -2.37. The Labute approximate surface area is 162 Å². The maximum absolute atomic E-state index is 13.0. The summed E-state index contributed by atoms with van der Waals surface area (Å²) in [5, 5.41) is 0. The lowest BCUT2D eigenvalue weighted by atomic mass is 9.69. The lowest BCUT2D eigenvalue weighted by molar-refractivity contribution is -0.153. The van der Waals surface area contributed by atoms with E-state index in [1.807, 2.05) is 54.6 Å².